The molecular weight excluding hydrogens is 404 g/mol. The van der Waals surface area contributed by atoms with Gasteiger partial charge in [0, 0.05) is 33.5 Å². The van der Waals surface area contributed by atoms with E-state index in [4.69, 9.17) is 11.6 Å². The Morgan fingerprint density at radius 3 is 2.76 bits per heavy atom. The number of phenols is 1. The molecule has 5 rings (SSSR count). The average molecular weight is 423 g/mol. The molecule has 0 aliphatic carbocycles. The molecule has 146 valence electrons. The molecule has 1 N–H and O–H groups in total. The smallest absolute Gasteiger partial charge is 0.245 e. The van der Waals surface area contributed by atoms with Crippen LogP contribution in [0.2, 0.25) is 5.02 Å². The molecule has 0 atom stereocenters. The lowest BCUT2D eigenvalue weighted by molar-refractivity contribution is -0.119. The maximum Gasteiger partial charge on any atom is 0.245 e. The zero-order chi connectivity index (χ0) is 20.0. The molecule has 2 aliphatic rings. The molecule has 29 heavy (non-hydrogen) atoms. The van der Waals surface area contributed by atoms with Gasteiger partial charge in [-0.2, -0.15) is 0 Å². The summed E-state index contributed by atoms with van der Waals surface area (Å²) >= 11 is 7.91. The highest BCUT2D eigenvalue weighted by Crippen LogP contribution is 2.48. The number of nitrogens with zero attached hydrogens (tertiary/aromatic N) is 2. The lowest BCUT2D eigenvalue weighted by atomic mass is 9.99. The van der Waals surface area contributed by atoms with Crippen LogP contribution in [0, 0.1) is 0 Å². The largest absolute Gasteiger partial charge is 0.508 e. The summed E-state index contributed by atoms with van der Waals surface area (Å²) in [7, 11) is 0. The number of carbonyl (C=O) groups is 1. The Balaban J connectivity index is 1.46. The van der Waals surface area contributed by atoms with E-state index in [1.54, 1.807) is 22.7 Å². The van der Waals surface area contributed by atoms with E-state index in [0.29, 0.717) is 17.3 Å². The van der Waals surface area contributed by atoms with Gasteiger partial charge in [-0.15, -0.1) is 0 Å². The number of hydrogen-bond acceptors (Lipinski definition) is 4. The van der Waals surface area contributed by atoms with Gasteiger partial charge in [0.05, 0.1) is 17.9 Å². The normalized spacial score (nSPS) is 15.4. The van der Waals surface area contributed by atoms with Gasteiger partial charge in [0.25, 0.3) is 0 Å². The molecule has 0 saturated heterocycles. The molecule has 3 aromatic rings. The summed E-state index contributed by atoms with van der Waals surface area (Å²) in [5.74, 6) is 0.302. The first-order chi connectivity index (χ1) is 14.1. The van der Waals surface area contributed by atoms with Crippen molar-refractivity contribution in [1.82, 2.24) is 4.90 Å². The number of hydrogen-bond donors (Lipinski definition) is 1. The van der Waals surface area contributed by atoms with Crippen molar-refractivity contribution in [3.8, 4) is 5.75 Å². The van der Waals surface area contributed by atoms with Gasteiger partial charge < -0.3 is 5.11 Å². The number of aromatic hydroxyl groups is 1. The molecule has 6 heteroatoms. The Labute approximate surface area is 178 Å². The zero-order valence-corrected chi connectivity index (χ0v) is 17.2. The second kappa shape index (κ2) is 7.41. The van der Waals surface area contributed by atoms with Crippen LogP contribution < -0.4 is 4.90 Å². The minimum absolute atomic E-state index is 0.000127. The van der Waals surface area contributed by atoms with Gasteiger partial charge >= 0.3 is 0 Å². The molecule has 0 fully saturated rings. The van der Waals surface area contributed by atoms with Crippen molar-refractivity contribution in [3.63, 3.8) is 0 Å². The molecule has 2 aliphatic heterocycles. The number of halogens is 1. The minimum atomic E-state index is 0.000127. The number of para-hydroxylation sites is 1. The van der Waals surface area contributed by atoms with Crippen molar-refractivity contribution in [2.24, 2.45) is 0 Å². The van der Waals surface area contributed by atoms with Crippen molar-refractivity contribution < 1.29 is 9.90 Å². The molecule has 3 aromatic carbocycles. The fourth-order valence-corrected chi connectivity index (χ4v) is 5.22. The first kappa shape index (κ1) is 18.6. The van der Waals surface area contributed by atoms with Gasteiger partial charge in [0.15, 0.2) is 0 Å². The monoisotopic (exact) mass is 422 g/mol. The third kappa shape index (κ3) is 3.39. The first-order valence-electron chi connectivity index (χ1n) is 9.51. The maximum absolute atomic E-state index is 13.5. The van der Waals surface area contributed by atoms with Crippen molar-refractivity contribution in [1.29, 1.82) is 0 Å². The number of fused-ring (bicyclic) bond motifs is 3. The van der Waals surface area contributed by atoms with E-state index in [1.807, 2.05) is 54.6 Å². The molecular formula is C23H19ClN2O2S. The molecule has 4 nitrogen and oxygen atoms in total. The second-order valence-electron chi connectivity index (χ2n) is 7.29. The van der Waals surface area contributed by atoms with Gasteiger partial charge in [-0.05, 0) is 48.4 Å². The summed E-state index contributed by atoms with van der Waals surface area (Å²) in [6.07, 6.45) is 0.825. The van der Waals surface area contributed by atoms with Gasteiger partial charge in [-0.1, -0.05) is 47.6 Å². The Morgan fingerprint density at radius 1 is 1.03 bits per heavy atom. The van der Waals surface area contributed by atoms with Crippen LogP contribution in [0.15, 0.2) is 70.5 Å². The van der Waals surface area contributed by atoms with Gasteiger partial charge in [0.2, 0.25) is 5.91 Å². The second-order valence-corrected chi connectivity index (χ2v) is 8.81. The molecule has 0 spiro atoms. The summed E-state index contributed by atoms with van der Waals surface area (Å²) in [6.45, 7) is 1.63. The van der Waals surface area contributed by atoms with E-state index in [2.05, 4.69) is 4.90 Å². The highest BCUT2D eigenvalue weighted by molar-refractivity contribution is 7.99. The Bertz CT molecular complexity index is 1120. The molecule has 0 bridgehead atoms. The van der Waals surface area contributed by atoms with E-state index >= 15 is 0 Å². The van der Waals surface area contributed by atoms with Crippen LogP contribution in [-0.4, -0.2) is 29.0 Å². The van der Waals surface area contributed by atoms with Gasteiger partial charge in [-0.25, -0.2) is 0 Å². The fraction of sp³-hybridized carbons (Fsp3) is 0.174. The number of carbonyl (C=O) groups excluding carboxylic acids is 1. The third-order valence-electron chi connectivity index (χ3n) is 5.42. The van der Waals surface area contributed by atoms with Crippen LogP contribution in [0.25, 0.3) is 0 Å². The van der Waals surface area contributed by atoms with E-state index in [9.17, 15) is 9.90 Å². The SMILES string of the molecule is O=C(CN1CCc2cccc(O)c2C1)N1c2ccccc2Sc2ccc(Cl)cc21. The van der Waals surface area contributed by atoms with E-state index < -0.39 is 0 Å². The van der Waals surface area contributed by atoms with Crippen LogP contribution in [0.4, 0.5) is 11.4 Å². The van der Waals surface area contributed by atoms with Crippen molar-refractivity contribution >= 4 is 40.6 Å². The van der Waals surface area contributed by atoms with Gasteiger partial charge in [-0.3, -0.25) is 14.6 Å². The fourth-order valence-electron chi connectivity index (χ4n) is 4.01. The lowest BCUT2D eigenvalue weighted by Gasteiger charge is -2.34. The minimum Gasteiger partial charge on any atom is -0.508 e. The predicted molar refractivity (Wildman–Crippen MR) is 116 cm³/mol. The first-order valence-corrected chi connectivity index (χ1v) is 10.7. The Kier molecular flexibility index (Phi) is 4.74. The molecule has 0 radical (unpaired) electrons. The van der Waals surface area contributed by atoms with Crippen molar-refractivity contribution in [2.45, 2.75) is 22.8 Å². The number of rotatable bonds is 2. The standard InChI is InChI=1S/C23H19ClN2O2S/c24-16-8-9-22-19(12-16)26(18-5-1-2-7-21(18)29-22)23(28)14-25-11-10-15-4-3-6-20(27)17(15)13-25/h1-9,12,27H,10-11,13-14H2. The Hall–Kier alpha value is -2.47. The van der Waals surface area contributed by atoms with Crippen LogP contribution >= 0.6 is 23.4 Å². The molecule has 1 amide bonds. The van der Waals surface area contributed by atoms with Crippen LogP contribution in [0.1, 0.15) is 11.1 Å². The summed E-state index contributed by atoms with van der Waals surface area (Å²) in [5.41, 5.74) is 3.79. The van der Waals surface area contributed by atoms with Crippen molar-refractivity contribution in [2.75, 3.05) is 18.0 Å². The molecule has 0 unspecified atom stereocenters. The van der Waals surface area contributed by atoms with Crippen LogP contribution in [0.3, 0.4) is 0 Å². The Morgan fingerprint density at radius 2 is 1.86 bits per heavy atom. The summed E-state index contributed by atoms with van der Waals surface area (Å²) in [5, 5.41) is 10.8. The highest BCUT2D eigenvalue weighted by Gasteiger charge is 2.30. The summed E-state index contributed by atoms with van der Waals surface area (Å²) in [6, 6.07) is 19.2. The predicted octanol–water partition coefficient (Wildman–Crippen LogP) is 5.23. The zero-order valence-electron chi connectivity index (χ0n) is 15.6. The average Bonchev–Trinajstić information content (AvgIpc) is 2.72. The van der Waals surface area contributed by atoms with E-state index in [0.717, 1.165) is 45.3 Å². The highest BCUT2D eigenvalue weighted by atomic mass is 35.5. The quantitative estimate of drug-likeness (QED) is 0.613. The molecule has 0 aromatic heterocycles. The number of benzene rings is 3. The molecule has 2 heterocycles. The summed E-state index contributed by atoms with van der Waals surface area (Å²) in [4.78, 5) is 19.4. The number of amides is 1. The topological polar surface area (TPSA) is 43.8 Å². The van der Waals surface area contributed by atoms with Gasteiger partial charge in [0.1, 0.15) is 5.75 Å². The van der Waals surface area contributed by atoms with Crippen LogP contribution in [0.5, 0.6) is 5.75 Å². The van der Waals surface area contributed by atoms with E-state index in [-0.39, 0.29) is 12.5 Å². The molecule has 0 saturated carbocycles. The number of anilines is 2. The van der Waals surface area contributed by atoms with E-state index in [1.165, 1.54) is 0 Å². The van der Waals surface area contributed by atoms with Crippen LogP contribution in [-0.2, 0) is 17.8 Å². The lowest BCUT2D eigenvalue weighted by Crippen LogP contribution is -2.41. The number of phenolic OH excluding ortho intramolecular Hbond substituents is 1. The third-order valence-corrected chi connectivity index (χ3v) is 6.79. The maximum atomic E-state index is 13.5. The van der Waals surface area contributed by atoms with Crippen molar-refractivity contribution in [3.05, 3.63) is 76.8 Å². The summed E-state index contributed by atoms with van der Waals surface area (Å²) < 4.78 is 0.